The molecule has 0 unspecified atom stereocenters. The average Bonchev–Trinajstić information content (AvgIpc) is 2.60. The third kappa shape index (κ3) is 3.70. The lowest BCUT2D eigenvalue weighted by Crippen LogP contribution is -2.25. The number of amides is 2. The number of para-hydroxylation sites is 1. The first-order chi connectivity index (χ1) is 12.5. The van der Waals surface area contributed by atoms with Crippen LogP contribution in [0.15, 0.2) is 56.1 Å². The van der Waals surface area contributed by atoms with Crippen molar-refractivity contribution in [2.24, 2.45) is 0 Å². The molecule has 1 heterocycles. The molecule has 0 aliphatic carbocycles. The van der Waals surface area contributed by atoms with Crippen molar-refractivity contribution in [2.75, 3.05) is 22.5 Å². The molecule has 3 rings (SSSR count). The first-order valence-corrected chi connectivity index (χ1v) is 8.61. The number of hydrogen-bond acceptors (Lipinski definition) is 4. The van der Waals surface area contributed by atoms with Gasteiger partial charge in [0.05, 0.1) is 11.4 Å². The van der Waals surface area contributed by atoms with Gasteiger partial charge in [-0.15, -0.1) is 0 Å². The molecule has 2 aromatic carbocycles. The van der Waals surface area contributed by atoms with Gasteiger partial charge in [-0.1, -0.05) is 28.1 Å². The molecule has 0 spiro atoms. The number of rotatable bonds is 4. The molecule has 0 fully saturated rings. The molecule has 8 heteroatoms. The van der Waals surface area contributed by atoms with Crippen LogP contribution in [-0.4, -0.2) is 12.6 Å². The molecular formula is C18H15BrFN3O3. The van der Waals surface area contributed by atoms with Crippen LogP contribution >= 0.6 is 15.9 Å². The van der Waals surface area contributed by atoms with E-state index in [1.807, 2.05) is 6.92 Å². The van der Waals surface area contributed by atoms with Crippen molar-refractivity contribution in [3.05, 3.63) is 63.2 Å². The molecule has 3 N–H and O–H groups in total. The summed E-state index contributed by atoms with van der Waals surface area (Å²) in [5.74, 6) is -0.605. The SMILES string of the molecule is CCNc1c(NC(=O)Nc2ccc(Br)cc2F)c(=O)oc2ccccc12. The highest BCUT2D eigenvalue weighted by atomic mass is 79.9. The van der Waals surface area contributed by atoms with Crippen LogP contribution in [0.1, 0.15) is 6.92 Å². The first-order valence-electron chi connectivity index (χ1n) is 7.82. The summed E-state index contributed by atoms with van der Waals surface area (Å²) in [6.07, 6.45) is 0. The third-order valence-electron chi connectivity index (χ3n) is 3.58. The summed E-state index contributed by atoms with van der Waals surface area (Å²) in [5, 5.41) is 8.54. The molecular weight excluding hydrogens is 405 g/mol. The topological polar surface area (TPSA) is 83.4 Å². The zero-order valence-corrected chi connectivity index (χ0v) is 15.3. The molecule has 0 aliphatic heterocycles. The number of carbonyl (C=O) groups excluding carboxylic acids is 1. The van der Waals surface area contributed by atoms with Crippen LogP contribution in [0, 0.1) is 5.82 Å². The van der Waals surface area contributed by atoms with E-state index in [0.717, 1.165) is 0 Å². The van der Waals surface area contributed by atoms with Crippen molar-refractivity contribution < 1.29 is 13.6 Å². The summed E-state index contributed by atoms with van der Waals surface area (Å²) in [4.78, 5) is 24.6. The third-order valence-corrected chi connectivity index (χ3v) is 4.08. The number of nitrogens with one attached hydrogen (secondary N) is 3. The van der Waals surface area contributed by atoms with Crippen molar-refractivity contribution >= 4 is 50.0 Å². The summed E-state index contributed by atoms with van der Waals surface area (Å²) in [7, 11) is 0. The first kappa shape index (κ1) is 17.9. The van der Waals surface area contributed by atoms with Gasteiger partial charge in [0.15, 0.2) is 5.69 Å². The van der Waals surface area contributed by atoms with E-state index in [2.05, 4.69) is 31.9 Å². The largest absolute Gasteiger partial charge is 0.421 e. The minimum Gasteiger partial charge on any atom is -0.421 e. The second-order valence-electron chi connectivity index (χ2n) is 5.37. The summed E-state index contributed by atoms with van der Waals surface area (Å²) >= 11 is 3.15. The van der Waals surface area contributed by atoms with Gasteiger partial charge >= 0.3 is 11.7 Å². The van der Waals surface area contributed by atoms with Crippen LogP contribution in [0.3, 0.4) is 0 Å². The van der Waals surface area contributed by atoms with Crippen LogP contribution < -0.4 is 21.6 Å². The Kier molecular flexibility index (Phi) is 5.22. The predicted octanol–water partition coefficient (Wildman–Crippen LogP) is 4.77. The fourth-order valence-corrected chi connectivity index (χ4v) is 2.81. The van der Waals surface area contributed by atoms with Crippen molar-refractivity contribution in [3.63, 3.8) is 0 Å². The van der Waals surface area contributed by atoms with Gasteiger partial charge in [-0.25, -0.2) is 14.0 Å². The Labute approximate surface area is 156 Å². The number of carbonyl (C=O) groups is 1. The fraction of sp³-hybridized carbons (Fsp3) is 0.111. The maximum Gasteiger partial charge on any atom is 0.362 e. The Balaban J connectivity index is 1.94. The Morgan fingerprint density at radius 1 is 1.15 bits per heavy atom. The monoisotopic (exact) mass is 419 g/mol. The van der Waals surface area contributed by atoms with E-state index < -0.39 is 17.5 Å². The Hall–Kier alpha value is -2.87. The van der Waals surface area contributed by atoms with E-state index in [0.29, 0.717) is 27.7 Å². The quantitative estimate of drug-likeness (QED) is 0.531. The maximum absolute atomic E-state index is 13.9. The van der Waals surface area contributed by atoms with Gasteiger partial charge in [-0.2, -0.15) is 0 Å². The molecule has 0 radical (unpaired) electrons. The van der Waals surface area contributed by atoms with Gasteiger partial charge in [0.1, 0.15) is 11.4 Å². The predicted molar refractivity (Wildman–Crippen MR) is 103 cm³/mol. The zero-order chi connectivity index (χ0) is 18.7. The minimum absolute atomic E-state index is 0.0131. The van der Waals surface area contributed by atoms with E-state index >= 15 is 0 Å². The minimum atomic E-state index is -0.757. The number of fused-ring (bicyclic) bond motifs is 1. The number of benzene rings is 2. The van der Waals surface area contributed by atoms with Gasteiger partial charge in [-0.05, 0) is 37.3 Å². The van der Waals surface area contributed by atoms with Crippen LogP contribution in [-0.2, 0) is 0 Å². The molecule has 134 valence electrons. The van der Waals surface area contributed by atoms with Crippen LogP contribution in [0.4, 0.5) is 26.2 Å². The van der Waals surface area contributed by atoms with E-state index in [-0.39, 0.29) is 11.4 Å². The lowest BCUT2D eigenvalue weighted by atomic mass is 10.2. The Bertz CT molecular complexity index is 1040. The van der Waals surface area contributed by atoms with Crippen molar-refractivity contribution in [3.8, 4) is 0 Å². The fourth-order valence-electron chi connectivity index (χ4n) is 2.48. The lowest BCUT2D eigenvalue weighted by molar-refractivity contribution is 0.262. The zero-order valence-electron chi connectivity index (χ0n) is 13.7. The number of hydrogen-bond donors (Lipinski definition) is 3. The van der Waals surface area contributed by atoms with Gasteiger partial charge in [0.2, 0.25) is 0 Å². The van der Waals surface area contributed by atoms with Crippen molar-refractivity contribution in [1.82, 2.24) is 0 Å². The molecule has 0 bridgehead atoms. The van der Waals surface area contributed by atoms with E-state index in [1.54, 1.807) is 30.3 Å². The highest BCUT2D eigenvalue weighted by Crippen LogP contribution is 2.28. The molecule has 0 saturated heterocycles. The number of urea groups is 1. The average molecular weight is 420 g/mol. The highest BCUT2D eigenvalue weighted by molar-refractivity contribution is 9.10. The van der Waals surface area contributed by atoms with Gasteiger partial charge in [0, 0.05) is 16.4 Å². The van der Waals surface area contributed by atoms with E-state index in [9.17, 15) is 14.0 Å². The molecule has 0 saturated carbocycles. The van der Waals surface area contributed by atoms with Crippen LogP contribution in [0.5, 0.6) is 0 Å². The highest BCUT2D eigenvalue weighted by Gasteiger charge is 2.17. The van der Waals surface area contributed by atoms with E-state index in [4.69, 9.17) is 4.42 Å². The summed E-state index contributed by atoms with van der Waals surface area (Å²) in [6.45, 7) is 2.40. The van der Waals surface area contributed by atoms with Crippen LogP contribution in [0.25, 0.3) is 11.0 Å². The second kappa shape index (κ2) is 7.57. The standard InChI is InChI=1S/C18H15BrFN3O3/c1-2-21-15-11-5-3-4-6-14(11)26-17(24)16(15)23-18(25)22-13-8-7-10(19)9-12(13)20/h3-9,21H,2H2,1H3,(H2,22,23,25). The molecule has 6 nitrogen and oxygen atoms in total. The smallest absolute Gasteiger partial charge is 0.362 e. The molecule has 3 aromatic rings. The van der Waals surface area contributed by atoms with Gasteiger partial charge in [0.25, 0.3) is 0 Å². The summed E-state index contributed by atoms with van der Waals surface area (Å²) in [6, 6.07) is 10.4. The summed E-state index contributed by atoms with van der Waals surface area (Å²) < 4.78 is 19.7. The molecule has 1 aromatic heterocycles. The number of halogens is 2. The Morgan fingerprint density at radius 3 is 2.65 bits per heavy atom. The normalized spacial score (nSPS) is 10.6. The van der Waals surface area contributed by atoms with E-state index in [1.165, 1.54) is 12.1 Å². The van der Waals surface area contributed by atoms with Gasteiger partial charge < -0.3 is 15.1 Å². The summed E-state index contributed by atoms with van der Waals surface area (Å²) in [5.41, 5.74) is 0.0941. The molecule has 0 atom stereocenters. The maximum atomic E-state index is 13.9. The van der Waals surface area contributed by atoms with Crippen molar-refractivity contribution in [1.29, 1.82) is 0 Å². The van der Waals surface area contributed by atoms with Gasteiger partial charge in [-0.3, -0.25) is 5.32 Å². The molecule has 0 aliphatic rings. The van der Waals surface area contributed by atoms with Crippen LogP contribution in [0.2, 0.25) is 0 Å². The molecule has 26 heavy (non-hydrogen) atoms. The van der Waals surface area contributed by atoms with Crippen molar-refractivity contribution in [2.45, 2.75) is 6.92 Å². The lowest BCUT2D eigenvalue weighted by Gasteiger charge is -2.14. The Morgan fingerprint density at radius 2 is 1.92 bits per heavy atom. The second-order valence-corrected chi connectivity index (χ2v) is 6.28. The molecule has 2 amide bonds. The number of anilines is 3.